The summed E-state index contributed by atoms with van der Waals surface area (Å²) < 4.78 is 51.2. The summed E-state index contributed by atoms with van der Waals surface area (Å²) in [6.45, 7) is 1.91. The molecular weight excluding hydrogens is 510 g/mol. The van der Waals surface area contributed by atoms with Gasteiger partial charge in [0, 0.05) is 48.5 Å². The summed E-state index contributed by atoms with van der Waals surface area (Å²) in [5.41, 5.74) is 3.50. The summed E-state index contributed by atoms with van der Waals surface area (Å²) in [6.07, 6.45) is 8.14. The zero-order valence-corrected chi connectivity index (χ0v) is 21.7. The first kappa shape index (κ1) is 24.6. The lowest BCUT2D eigenvalue weighted by Gasteiger charge is -2.07. The number of nitrogens with one attached hydrogen (secondary N) is 1. The van der Waals surface area contributed by atoms with Crippen molar-refractivity contribution >= 4 is 42.5 Å². The molecule has 11 heteroatoms. The molecule has 0 saturated carbocycles. The van der Waals surface area contributed by atoms with Crippen LogP contribution in [0.15, 0.2) is 95.2 Å². The molecule has 0 fully saturated rings. The Morgan fingerprint density at radius 2 is 1.51 bits per heavy atom. The molecule has 3 aromatic heterocycles. The molecule has 37 heavy (non-hydrogen) atoms. The van der Waals surface area contributed by atoms with Gasteiger partial charge in [-0.15, -0.1) is 0 Å². The third-order valence-corrected chi connectivity index (χ3v) is 8.56. The minimum atomic E-state index is -3.83. The molecule has 3 heterocycles. The number of benzene rings is 2. The van der Waals surface area contributed by atoms with E-state index in [1.54, 1.807) is 67.3 Å². The Morgan fingerprint density at radius 3 is 2.16 bits per heavy atom. The van der Waals surface area contributed by atoms with Gasteiger partial charge >= 0.3 is 0 Å². The summed E-state index contributed by atoms with van der Waals surface area (Å²) in [7, 11) is -7.10. The fourth-order valence-corrected chi connectivity index (χ4v) is 5.92. The zero-order valence-electron chi connectivity index (χ0n) is 20.0. The maximum Gasteiger partial charge on any atom is 0.269 e. The summed E-state index contributed by atoms with van der Waals surface area (Å²) in [5.74, 6) is 0.349. The quantitative estimate of drug-likeness (QED) is 0.332. The van der Waals surface area contributed by atoms with Gasteiger partial charge < -0.3 is 5.32 Å². The molecule has 0 aliphatic rings. The molecule has 1 N–H and O–H groups in total. The van der Waals surface area contributed by atoms with E-state index in [0.29, 0.717) is 23.7 Å². The van der Waals surface area contributed by atoms with Crippen LogP contribution in [0.5, 0.6) is 0 Å². The molecular formula is C26H23N5O4S2. The van der Waals surface area contributed by atoms with Crippen LogP contribution in [-0.2, 0) is 26.3 Å². The highest BCUT2D eigenvalue weighted by atomic mass is 32.2. The molecule has 0 saturated heterocycles. The van der Waals surface area contributed by atoms with Gasteiger partial charge in [-0.25, -0.2) is 35.8 Å². The lowest BCUT2D eigenvalue weighted by atomic mass is 10.1. The monoisotopic (exact) mass is 533 g/mol. The molecule has 5 rings (SSSR count). The molecule has 188 valence electrons. The highest BCUT2D eigenvalue weighted by Gasteiger charge is 2.22. The normalized spacial score (nSPS) is 12.1. The molecule has 2 aromatic carbocycles. The van der Waals surface area contributed by atoms with Gasteiger partial charge in [-0.3, -0.25) is 0 Å². The highest BCUT2D eigenvalue weighted by molar-refractivity contribution is 7.90. The van der Waals surface area contributed by atoms with E-state index in [9.17, 15) is 16.8 Å². The lowest BCUT2D eigenvalue weighted by molar-refractivity contribution is 0.588. The number of nitrogens with zero attached hydrogens (tertiary/aromatic N) is 4. The first-order valence-corrected chi connectivity index (χ1v) is 14.6. The van der Waals surface area contributed by atoms with Gasteiger partial charge in [0.25, 0.3) is 10.0 Å². The molecule has 0 radical (unpaired) electrons. The summed E-state index contributed by atoms with van der Waals surface area (Å²) >= 11 is 0. The first-order chi connectivity index (χ1) is 17.6. The third-order valence-electron chi connectivity index (χ3n) is 5.77. The van der Waals surface area contributed by atoms with E-state index < -0.39 is 19.9 Å². The number of anilines is 2. The molecule has 0 unspecified atom stereocenters. The number of aryl methyl sites for hydroxylation is 1. The maximum absolute atomic E-state index is 13.3. The van der Waals surface area contributed by atoms with Crippen LogP contribution in [-0.4, -0.2) is 42.0 Å². The van der Waals surface area contributed by atoms with Crippen LogP contribution in [0.4, 0.5) is 11.6 Å². The van der Waals surface area contributed by atoms with Crippen LogP contribution in [0.2, 0.25) is 0 Å². The van der Waals surface area contributed by atoms with Crippen LogP contribution in [0.1, 0.15) is 16.7 Å². The van der Waals surface area contributed by atoms with E-state index in [1.807, 2.05) is 13.0 Å². The molecule has 9 nitrogen and oxygen atoms in total. The second-order valence-electron chi connectivity index (χ2n) is 8.67. The van der Waals surface area contributed by atoms with Crippen LogP contribution in [0.3, 0.4) is 0 Å². The van der Waals surface area contributed by atoms with E-state index in [0.717, 1.165) is 28.3 Å². The van der Waals surface area contributed by atoms with Crippen LogP contribution in [0.25, 0.3) is 11.0 Å². The van der Waals surface area contributed by atoms with Crippen LogP contribution >= 0.6 is 0 Å². The van der Waals surface area contributed by atoms with Gasteiger partial charge in [0.15, 0.2) is 15.5 Å². The number of rotatable bonds is 7. The Bertz CT molecular complexity index is 1800. The van der Waals surface area contributed by atoms with E-state index in [-0.39, 0.29) is 9.79 Å². The van der Waals surface area contributed by atoms with Crippen molar-refractivity contribution in [2.45, 2.75) is 23.1 Å². The maximum atomic E-state index is 13.3. The second kappa shape index (κ2) is 9.41. The van der Waals surface area contributed by atoms with Gasteiger partial charge in [-0.05, 0) is 66.1 Å². The molecule has 0 bridgehead atoms. The van der Waals surface area contributed by atoms with Gasteiger partial charge in [0.05, 0.1) is 9.79 Å². The minimum absolute atomic E-state index is 0.184. The number of aromatic nitrogens is 4. The van der Waals surface area contributed by atoms with Crippen molar-refractivity contribution in [3.63, 3.8) is 0 Å². The highest BCUT2D eigenvalue weighted by Crippen LogP contribution is 2.27. The number of sulfone groups is 1. The van der Waals surface area contributed by atoms with Crippen LogP contribution in [0, 0.1) is 6.92 Å². The van der Waals surface area contributed by atoms with E-state index >= 15 is 0 Å². The van der Waals surface area contributed by atoms with E-state index in [1.165, 1.54) is 16.1 Å². The standard InChI is InChI=1S/C26H23N5O4S2/c1-18-12-24-20(17-31(25(24)27-14-18)37(34,35)23-6-4-3-5-7-23)13-19-15-28-26(29-16-19)30-21-8-10-22(11-9-21)36(2,32)33/h3-12,14-17H,13H2,1-2H3,(H,28,29,30). The molecule has 0 atom stereocenters. The Hall–Kier alpha value is -4.09. The number of fused-ring (bicyclic) bond motifs is 1. The topological polar surface area (TPSA) is 124 Å². The molecule has 0 spiro atoms. The van der Waals surface area contributed by atoms with Crippen molar-refractivity contribution < 1.29 is 16.8 Å². The molecule has 0 aliphatic heterocycles. The summed E-state index contributed by atoms with van der Waals surface area (Å²) in [5, 5.41) is 3.79. The van der Waals surface area contributed by atoms with Gasteiger partial charge in [0.2, 0.25) is 5.95 Å². The Balaban J connectivity index is 1.42. The van der Waals surface area contributed by atoms with Gasteiger partial charge in [-0.1, -0.05) is 18.2 Å². The molecule has 0 aliphatic carbocycles. The fraction of sp³-hybridized carbons (Fsp3) is 0.115. The third kappa shape index (κ3) is 5.09. The molecule has 5 aromatic rings. The predicted octanol–water partition coefficient (Wildman–Crippen LogP) is 4.11. The summed E-state index contributed by atoms with van der Waals surface area (Å²) in [6, 6.07) is 16.5. The minimum Gasteiger partial charge on any atom is -0.324 e. The number of hydrogen-bond donors (Lipinski definition) is 1. The van der Waals surface area contributed by atoms with Crippen molar-refractivity contribution in [1.29, 1.82) is 0 Å². The second-order valence-corrected chi connectivity index (χ2v) is 12.5. The SMILES string of the molecule is Cc1cnc2c(c1)c(Cc1cnc(Nc3ccc(S(C)(=O)=O)cc3)nc1)cn2S(=O)(=O)c1ccccc1. The van der Waals surface area contributed by atoms with Crippen molar-refractivity contribution in [2.24, 2.45) is 0 Å². The zero-order chi connectivity index (χ0) is 26.2. The average Bonchev–Trinajstić information content (AvgIpc) is 3.23. The summed E-state index contributed by atoms with van der Waals surface area (Å²) in [4.78, 5) is 13.6. The Labute approximate surface area is 214 Å². The number of pyridine rings is 1. The van der Waals surface area contributed by atoms with Gasteiger partial charge in [0.1, 0.15) is 0 Å². The van der Waals surface area contributed by atoms with Crippen molar-refractivity contribution in [3.8, 4) is 0 Å². The van der Waals surface area contributed by atoms with Crippen LogP contribution < -0.4 is 5.32 Å². The van der Waals surface area contributed by atoms with Crippen molar-refractivity contribution in [1.82, 2.24) is 18.9 Å². The van der Waals surface area contributed by atoms with E-state index in [2.05, 4.69) is 20.3 Å². The van der Waals surface area contributed by atoms with Crippen molar-refractivity contribution in [3.05, 3.63) is 102 Å². The van der Waals surface area contributed by atoms with Crippen molar-refractivity contribution in [2.75, 3.05) is 11.6 Å². The number of hydrogen-bond acceptors (Lipinski definition) is 8. The Kier molecular flexibility index (Phi) is 6.26. The van der Waals surface area contributed by atoms with Gasteiger partial charge in [-0.2, -0.15) is 0 Å². The smallest absolute Gasteiger partial charge is 0.269 e. The average molecular weight is 534 g/mol. The largest absolute Gasteiger partial charge is 0.324 e. The first-order valence-electron chi connectivity index (χ1n) is 11.3. The van der Waals surface area contributed by atoms with E-state index in [4.69, 9.17) is 0 Å². The lowest BCUT2D eigenvalue weighted by Crippen LogP contribution is -2.12. The Morgan fingerprint density at radius 1 is 0.838 bits per heavy atom. The predicted molar refractivity (Wildman–Crippen MR) is 141 cm³/mol. The molecule has 0 amide bonds. The fourth-order valence-electron chi connectivity index (χ4n) is 3.92.